The van der Waals surface area contributed by atoms with E-state index in [2.05, 4.69) is 0 Å². The van der Waals surface area contributed by atoms with E-state index in [0.717, 1.165) is 10.5 Å². The van der Waals surface area contributed by atoms with Crippen molar-refractivity contribution in [2.24, 2.45) is 0 Å². The maximum absolute atomic E-state index is 11.8. The Balaban J connectivity index is 1.80. The van der Waals surface area contributed by atoms with Crippen LogP contribution in [0.5, 0.6) is 11.5 Å². The highest BCUT2D eigenvalue weighted by atomic mass is 35.5. The molecule has 140 valence electrons. The molecule has 0 heterocycles. The fraction of sp³-hybridized carbons (Fsp3) is 0.200. The number of benzene rings is 2. The average Bonchev–Trinajstić information content (AvgIpc) is 2.69. The molecule has 2 aromatic rings. The highest BCUT2D eigenvalue weighted by Crippen LogP contribution is 2.28. The molecule has 7 heteroatoms. The van der Waals surface area contributed by atoms with Crippen LogP contribution in [-0.4, -0.2) is 32.0 Å². The highest BCUT2D eigenvalue weighted by Gasteiger charge is 2.05. The SMILES string of the molecule is COc1cc(/C=C/C(=O)OCCSc2ccc(Cl)cc2)ccc1OCC#N. The number of esters is 1. The van der Waals surface area contributed by atoms with Gasteiger partial charge in [0, 0.05) is 21.7 Å². The van der Waals surface area contributed by atoms with Crippen molar-refractivity contribution in [3.63, 3.8) is 0 Å². The van der Waals surface area contributed by atoms with Crippen LogP contribution in [0.3, 0.4) is 0 Å². The van der Waals surface area contributed by atoms with Gasteiger partial charge in [0.05, 0.1) is 7.11 Å². The Morgan fingerprint density at radius 2 is 2.00 bits per heavy atom. The molecule has 2 aromatic carbocycles. The number of carbonyl (C=O) groups is 1. The van der Waals surface area contributed by atoms with Gasteiger partial charge in [-0.25, -0.2) is 4.79 Å². The Kier molecular flexibility index (Phi) is 8.56. The first-order chi connectivity index (χ1) is 13.1. The van der Waals surface area contributed by atoms with E-state index in [-0.39, 0.29) is 6.61 Å². The number of hydrogen-bond donors (Lipinski definition) is 0. The molecule has 0 fully saturated rings. The molecule has 0 saturated heterocycles. The molecule has 0 N–H and O–H groups in total. The van der Waals surface area contributed by atoms with Gasteiger partial charge in [0.2, 0.25) is 0 Å². The maximum atomic E-state index is 11.8. The summed E-state index contributed by atoms with van der Waals surface area (Å²) in [5, 5.41) is 9.26. The fourth-order valence-corrected chi connectivity index (χ4v) is 2.92. The van der Waals surface area contributed by atoms with Crippen molar-refractivity contribution >= 4 is 35.4 Å². The van der Waals surface area contributed by atoms with Gasteiger partial charge in [-0.05, 0) is 48.0 Å². The third kappa shape index (κ3) is 7.26. The molecule has 0 amide bonds. The zero-order valence-corrected chi connectivity index (χ0v) is 16.3. The lowest BCUT2D eigenvalue weighted by atomic mass is 10.2. The van der Waals surface area contributed by atoms with Crippen molar-refractivity contribution < 1.29 is 19.0 Å². The molecule has 0 atom stereocenters. The van der Waals surface area contributed by atoms with Gasteiger partial charge in [-0.2, -0.15) is 5.26 Å². The first kappa shape index (κ1) is 20.7. The monoisotopic (exact) mass is 403 g/mol. The number of halogens is 1. The minimum atomic E-state index is -0.421. The Morgan fingerprint density at radius 3 is 2.70 bits per heavy atom. The molecule has 0 unspecified atom stereocenters. The lowest BCUT2D eigenvalue weighted by Crippen LogP contribution is -2.04. The van der Waals surface area contributed by atoms with Crippen LogP contribution in [0.15, 0.2) is 53.4 Å². The van der Waals surface area contributed by atoms with Gasteiger partial charge in [0.15, 0.2) is 18.1 Å². The number of methoxy groups -OCH3 is 1. The molecule has 0 aliphatic carbocycles. The summed E-state index contributed by atoms with van der Waals surface area (Å²) < 4.78 is 15.7. The van der Waals surface area contributed by atoms with Crippen molar-refractivity contribution in [1.82, 2.24) is 0 Å². The summed E-state index contributed by atoms with van der Waals surface area (Å²) in [5.41, 5.74) is 0.753. The van der Waals surface area contributed by atoms with Gasteiger partial charge in [0.25, 0.3) is 0 Å². The molecule has 0 aliphatic heterocycles. The van der Waals surface area contributed by atoms with Gasteiger partial charge in [-0.3, -0.25) is 0 Å². The van der Waals surface area contributed by atoms with E-state index in [9.17, 15) is 4.79 Å². The number of thioether (sulfide) groups is 1. The summed E-state index contributed by atoms with van der Waals surface area (Å²) in [4.78, 5) is 12.9. The molecule has 0 radical (unpaired) electrons. The van der Waals surface area contributed by atoms with E-state index in [0.29, 0.717) is 28.9 Å². The minimum absolute atomic E-state index is 0.0636. The predicted octanol–water partition coefficient (Wildman–Crippen LogP) is 4.60. The fourth-order valence-electron chi connectivity index (χ4n) is 2.06. The summed E-state index contributed by atoms with van der Waals surface area (Å²) in [7, 11) is 1.51. The lowest BCUT2D eigenvalue weighted by molar-refractivity contribution is -0.137. The number of nitrogens with zero attached hydrogens (tertiary/aromatic N) is 1. The topological polar surface area (TPSA) is 68.6 Å². The Morgan fingerprint density at radius 1 is 1.22 bits per heavy atom. The van der Waals surface area contributed by atoms with Crippen LogP contribution in [-0.2, 0) is 9.53 Å². The quantitative estimate of drug-likeness (QED) is 0.264. The van der Waals surface area contributed by atoms with E-state index in [4.69, 9.17) is 31.1 Å². The van der Waals surface area contributed by atoms with E-state index >= 15 is 0 Å². The Labute approximate surface area is 167 Å². The van der Waals surface area contributed by atoms with Crippen LogP contribution in [0.25, 0.3) is 6.08 Å². The summed E-state index contributed by atoms with van der Waals surface area (Å²) >= 11 is 7.42. The van der Waals surface area contributed by atoms with Crippen LogP contribution in [0.1, 0.15) is 5.56 Å². The molecular formula is C20H18ClNO4S. The standard InChI is InChI=1S/C20H18ClNO4S/c1-24-19-14-15(2-8-18(19)25-11-10-22)3-9-20(23)26-12-13-27-17-6-4-16(21)5-7-17/h2-9,14H,11-13H2,1H3/b9-3+. The van der Waals surface area contributed by atoms with Crippen molar-refractivity contribution in [2.75, 3.05) is 26.1 Å². The predicted molar refractivity (Wildman–Crippen MR) is 106 cm³/mol. The van der Waals surface area contributed by atoms with Crippen LogP contribution >= 0.6 is 23.4 Å². The third-order valence-corrected chi connectivity index (χ3v) is 4.53. The highest BCUT2D eigenvalue weighted by molar-refractivity contribution is 7.99. The molecule has 5 nitrogen and oxygen atoms in total. The van der Waals surface area contributed by atoms with Gasteiger partial charge < -0.3 is 14.2 Å². The second-order valence-corrected chi connectivity index (χ2v) is 6.77. The lowest BCUT2D eigenvalue weighted by Gasteiger charge is -2.08. The first-order valence-corrected chi connectivity index (χ1v) is 9.39. The first-order valence-electron chi connectivity index (χ1n) is 8.03. The van der Waals surface area contributed by atoms with Gasteiger partial charge in [-0.15, -0.1) is 11.8 Å². The van der Waals surface area contributed by atoms with Gasteiger partial charge >= 0.3 is 5.97 Å². The summed E-state index contributed by atoms with van der Waals surface area (Å²) in [6.07, 6.45) is 2.99. The third-order valence-electron chi connectivity index (χ3n) is 3.30. The zero-order valence-electron chi connectivity index (χ0n) is 14.7. The van der Waals surface area contributed by atoms with Gasteiger partial charge in [0.1, 0.15) is 12.7 Å². The number of ether oxygens (including phenoxy) is 3. The number of hydrogen-bond acceptors (Lipinski definition) is 6. The second-order valence-electron chi connectivity index (χ2n) is 5.16. The van der Waals surface area contributed by atoms with Crippen molar-refractivity contribution in [3.8, 4) is 17.6 Å². The summed E-state index contributed by atoms with van der Waals surface area (Å²) in [6.45, 7) is 0.243. The molecule has 2 rings (SSSR count). The Hall–Kier alpha value is -2.62. The number of nitriles is 1. The molecule has 0 spiro atoms. The number of carbonyl (C=O) groups excluding carboxylic acids is 1. The van der Waals surface area contributed by atoms with E-state index in [1.807, 2.05) is 30.3 Å². The Bertz CT molecular complexity index is 831. The van der Waals surface area contributed by atoms with Crippen molar-refractivity contribution in [3.05, 3.63) is 59.1 Å². The van der Waals surface area contributed by atoms with E-state index in [1.165, 1.54) is 13.2 Å². The van der Waals surface area contributed by atoms with Crippen molar-refractivity contribution in [2.45, 2.75) is 4.90 Å². The zero-order chi connectivity index (χ0) is 19.5. The van der Waals surface area contributed by atoms with Crippen LogP contribution in [0, 0.1) is 11.3 Å². The largest absolute Gasteiger partial charge is 0.493 e. The van der Waals surface area contributed by atoms with Crippen LogP contribution in [0.4, 0.5) is 0 Å². The summed E-state index contributed by atoms with van der Waals surface area (Å²) in [6, 6.07) is 14.5. The minimum Gasteiger partial charge on any atom is -0.493 e. The van der Waals surface area contributed by atoms with E-state index < -0.39 is 5.97 Å². The average molecular weight is 404 g/mol. The van der Waals surface area contributed by atoms with Crippen LogP contribution in [0.2, 0.25) is 5.02 Å². The summed E-state index contributed by atoms with van der Waals surface area (Å²) in [5.74, 6) is 1.19. The molecule has 0 aromatic heterocycles. The smallest absolute Gasteiger partial charge is 0.330 e. The van der Waals surface area contributed by atoms with E-state index in [1.54, 1.807) is 36.0 Å². The second kappa shape index (κ2) is 11.2. The molecule has 0 aliphatic rings. The molecule has 0 saturated carbocycles. The maximum Gasteiger partial charge on any atom is 0.330 e. The normalized spacial score (nSPS) is 10.4. The molecule has 0 bridgehead atoms. The van der Waals surface area contributed by atoms with Gasteiger partial charge in [-0.1, -0.05) is 17.7 Å². The van der Waals surface area contributed by atoms with Crippen LogP contribution < -0.4 is 9.47 Å². The molecule has 27 heavy (non-hydrogen) atoms. The number of rotatable bonds is 9. The molecular weight excluding hydrogens is 386 g/mol. The van der Waals surface area contributed by atoms with Crippen molar-refractivity contribution in [1.29, 1.82) is 5.26 Å².